The van der Waals surface area contributed by atoms with Crippen LogP contribution in [0.3, 0.4) is 0 Å². The average molecular weight is 368 g/mol. The maximum Gasteiger partial charge on any atom is 0.308 e. The summed E-state index contributed by atoms with van der Waals surface area (Å²) in [5.74, 6) is -1.20. The van der Waals surface area contributed by atoms with Crippen molar-refractivity contribution in [1.82, 2.24) is 5.32 Å². The smallest absolute Gasteiger partial charge is 0.308 e. The lowest BCUT2D eigenvalue weighted by Gasteiger charge is -2.14. The minimum absolute atomic E-state index is 0.0142. The van der Waals surface area contributed by atoms with E-state index < -0.39 is 18.0 Å². The molecule has 27 heavy (non-hydrogen) atoms. The standard InChI is InChI=1S/C21H24N2O4/c1-14-7-6-9-17(13-14)23-20(25)16(3)27-19(24)11-12-22-21(26)18-10-5-4-8-15(18)2/h4-10,13,16H,11-12H2,1-3H3,(H,22,26)(H,23,25). The molecule has 2 aromatic carbocycles. The normalized spacial score (nSPS) is 11.4. The summed E-state index contributed by atoms with van der Waals surface area (Å²) in [5, 5.41) is 5.38. The van der Waals surface area contributed by atoms with E-state index in [1.165, 1.54) is 6.92 Å². The summed E-state index contributed by atoms with van der Waals surface area (Å²) in [6.45, 7) is 5.41. The van der Waals surface area contributed by atoms with Crippen LogP contribution in [-0.4, -0.2) is 30.4 Å². The third kappa shape index (κ3) is 6.26. The highest BCUT2D eigenvalue weighted by molar-refractivity contribution is 5.96. The first-order chi connectivity index (χ1) is 12.9. The summed E-state index contributed by atoms with van der Waals surface area (Å²) >= 11 is 0. The Balaban J connectivity index is 1.75. The van der Waals surface area contributed by atoms with E-state index in [1.54, 1.807) is 18.2 Å². The van der Waals surface area contributed by atoms with Crippen molar-refractivity contribution in [3.8, 4) is 0 Å². The third-order valence-corrected chi connectivity index (χ3v) is 3.97. The van der Waals surface area contributed by atoms with Crippen LogP contribution in [0.4, 0.5) is 5.69 Å². The van der Waals surface area contributed by atoms with Gasteiger partial charge in [0.1, 0.15) is 0 Å². The first-order valence-corrected chi connectivity index (χ1v) is 8.77. The molecule has 0 radical (unpaired) electrons. The summed E-state index contributed by atoms with van der Waals surface area (Å²) in [7, 11) is 0. The Morgan fingerprint density at radius 3 is 2.48 bits per heavy atom. The maximum atomic E-state index is 12.1. The first kappa shape index (κ1) is 20.2. The number of hydrogen-bond donors (Lipinski definition) is 2. The van der Waals surface area contributed by atoms with E-state index in [0.29, 0.717) is 11.3 Å². The number of carbonyl (C=O) groups is 3. The lowest BCUT2D eigenvalue weighted by Crippen LogP contribution is -2.32. The van der Waals surface area contributed by atoms with Crippen LogP contribution in [0.5, 0.6) is 0 Å². The third-order valence-electron chi connectivity index (χ3n) is 3.97. The van der Waals surface area contributed by atoms with Gasteiger partial charge in [0.05, 0.1) is 6.42 Å². The second-order valence-corrected chi connectivity index (χ2v) is 6.31. The van der Waals surface area contributed by atoms with Gasteiger partial charge in [-0.1, -0.05) is 30.3 Å². The Morgan fingerprint density at radius 2 is 1.78 bits per heavy atom. The molecule has 6 nitrogen and oxygen atoms in total. The van der Waals surface area contributed by atoms with Gasteiger partial charge in [0.15, 0.2) is 6.10 Å². The van der Waals surface area contributed by atoms with Crippen LogP contribution in [0.25, 0.3) is 0 Å². The fourth-order valence-corrected chi connectivity index (χ4v) is 2.48. The largest absolute Gasteiger partial charge is 0.452 e. The molecule has 0 aliphatic rings. The maximum absolute atomic E-state index is 12.1. The van der Waals surface area contributed by atoms with Crippen LogP contribution in [-0.2, 0) is 14.3 Å². The summed E-state index contributed by atoms with van der Waals surface area (Å²) in [5.41, 5.74) is 3.09. The number of esters is 1. The summed E-state index contributed by atoms with van der Waals surface area (Å²) in [4.78, 5) is 36.1. The van der Waals surface area contributed by atoms with Crippen molar-refractivity contribution in [2.45, 2.75) is 33.3 Å². The zero-order chi connectivity index (χ0) is 19.8. The van der Waals surface area contributed by atoms with E-state index >= 15 is 0 Å². The lowest BCUT2D eigenvalue weighted by molar-refractivity contribution is -0.153. The fraction of sp³-hybridized carbons (Fsp3) is 0.286. The average Bonchev–Trinajstić information content (AvgIpc) is 2.61. The predicted molar refractivity (Wildman–Crippen MR) is 103 cm³/mol. The minimum atomic E-state index is -0.926. The van der Waals surface area contributed by atoms with Crippen LogP contribution in [0.1, 0.15) is 34.8 Å². The van der Waals surface area contributed by atoms with Gasteiger partial charge in [0.2, 0.25) is 0 Å². The van der Waals surface area contributed by atoms with Crippen LogP contribution >= 0.6 is 0 Å². The molecule has 0 saturated heterocycles. The van der Waals surface area contributed by atoms with Crippen molar-refractivity contribution in [3.05, 3.63) is 65.2 Å². The van der Waals surface area contributed by atoms with Crippen LogP contribution in [0.2, 0.25) is 0 Å². The topological polar surface area (TPSA) is 84.5 Å². The number of rotatable bonds is 7. The number of carbonyl (C=O) groups excluding carboxylic acids is 3. The van der Waals surface area contributed by atoms with Gasteiger partial charge in [-0.15, -0.1) is 0 Å². The molecule has 2 amide bonds. The Kier molecular flexibility index (Phi) is 7.11. The monoisotopic (exact) mass is 368 g/mol. The van der Waals surface area contributed by atoms with E-state index in [1.807, 2.05) is 44.2 Å². The molecule has 1 atom stereocenters. The van der Waals surface area contributed by atoms with Crippen LogP contribution in [0, 0.1) is 13.8 Å². The quantitative estimate of drug-likeness (QED) is 0.736. The second kappa shape index (κ2) is 9.52. The molecule has 2 rings (SSSR count). The highest BCUT2D eigenvalue weighted by atomic mass is 16.5. The number of anilines is 1. The van der Waals surface area contributed by atoms with Gasteiger partial charge in [0.25, 0.3) is 11.8 Å². The Labute approximate surface area is 158 Å². The molecule has 0 aliphatic carbocycles. The second-order valence-electron chi connectivity index (χ2n) is 6.31. The molecule has 0 spiro atoms. The number of hydrogen-bond acceptors (Lipinski definition) is 4. The SMILES string of the molecule is Cc1cccc(NC(=O)C(C)OC(=O)CCNC(=O)c2ccccc2C)c1. The van der Waals surface area contributed by atoms with Gasteiger partial charge in [-0.25, -0.2) is 0 Å². The van der Waals surface area contributed by atoms with Gasteiger partial charge < -0.3 is 15.4 Å². The molecule has 0 heterocycles. The summed E-state index contributed by atoms with van der Waals surface area (Å²) < 4.78 is 5.12. The number of amides is 2. The fourth-order valence-electron chi connectivity index (χ4n) is 2.48. The minimum Gasteiger partial charge on any atom is -0.452 e. The van der Waals surface area contributed by atoms with E-state index in [2.05, 4.69) is 10.6 Å². The van der Waals surface area contributed by atoms with Crippen molar-refractivity contribution >= 4 is 23.5 Å². The molecule has 0 fully saturated rings. The van der Waals surface area contributed by atoms with Crippen molar-refractivity contribution in [2.24, 2.45) is 0 Å². The van der Waals surface area contributed by atoms with Crippen molar-refractivity contribution in [1.29, 1.82) is 0 Å². The predicted octanol–water partition coefficient (Wildman–Crippen LogP) is 2.99. The molecule has 0 saturated carbocycles. The molecule has 0 aliphatic heterocycles. The summed E-state index contributed by atoms with van der Waals surface area (Å²) in [6, 6.07) is 14.5. The Bertz CT molecular complexity index is 832. The molecule has 1 unspecified atom stereocenters. The zero-order valence-electron chi connectivity index (χ0n) is 15.7. The molecule has 2 aromatic rings. The lowest BCUT2D eigenvalue weighted by atomic mass is 10.1. The number of aryl methyl sites for hydroxylation is 2. The first-order valence-electron chi connectivity index (χ1n) is 8.77. The Morgan fingerprint density at radius 1 is 1.04 bits per heavy atom. The molecule has 0 bridgehead atoms. The molecule has 6 heteroatoms. The zero-order valence-corrected chi connectivity index (χ0v) is 15.7. The molecular weight excluding hydrogens is 344 g/mol. The van der Waals surface area contributed by atoms with Gasteiger partial charge in [-0.05, 0) is 50.1 Å². The van der Waals surface area contributed by atoms with Gasteiger partial charge in [0, 0.05) is 17.8 Å². The highest BCUT2D eigenvalue weighted by Gasteiger charge is 2.18. The van der Waals surface area contributed by atoms with Crippen LogP contribution < -0.4 is 10.6 Å². The number of benzene rings is 2. The van der Waals surface area contributed by atoms with Crippen molar-refractivity contribution < 1.29 is 19.1 Å². The van der Waals surface area contributed by atoms with Crippen molar-refractivity contribution in [2.75, 3.05) is 11.9 Å². The molecular formula is C21H24N2O4. The number of nitrogens with one attached hydrogen (secondary N) is 2. The van der Waals surface area contributed by atoms with Crippen LogP contribution in [0.15, 0.2) is 48.5 Å². The van der Waals surface area contributed by atoms with E-state index in [9.17, 15) is 14.4 Å². The van der Waals surface area contributed by atoms with Gasteiger partial charge in [-0.3, -0.25) is 14.4 Å². The summed E-state index contributed by atoms with van der Waals surface area (Å²) in [6.07, 6.45) is -0.940. The molecule has 142 valence electrons. The highest BCUT2D eigenvalue weighted by Crippen LogP contribution is 2.11. The van der Waals surface area contributed by atoms with E-state index in [4.69, 9.17) is 4.74 Å². The van der Waals surface area contributed by atoms with Gasteiger partial charge >= 0.3 is 5.97 Å². The van der Waals surface area contributed by atoms with Crippen molar-refractivity contribution in [3.63, 3.8) is 0 Å². The van der Waals surface area contributed by atoms with Gasteiger partial charge in [-0.2, -0.15) is 0 Å². The Hall–Kier alpha value is -3.15. The molecule has 2 N–H and O–H groups in total. The molecule has 0 aromatic heterocycles. The van der Waals surface area contributed by atoms with E-state index in [0.717, 1.165) is 11.1 Å². The van der Waals surface area contributed by atoms with E-state index in [-0.39, 0.29) is 18.9 Å². The number of ether oxygens (including phenoxy) is 1.